The number of aryl methyl sites for hydroxylation is 2. The maximum absolute atomic E-state index is 5.69. The molecule has 0 aliphatic rings. The maximum atomic E-state index is 5.69. The van der Waals surface area contributed by atoms with Crippen LogP contribution in [-0.2, 0) is 11.2 Å². The molecule has 1 aromatic rings. The van der Waals surface area contributed by atoms with Crippen LogP contribution in [0.15, 0.2) is 0 Å². The Bertz CT molecular complexity index is 370. The predicted molar refractivity (Wildman–Crippen MR) is 78.4 cm³/mol. The molecule has 0 radical (unpaired) electrons. The van der Waals surface area contributed by atoms with E-state index in [0.717, 1.165) is 43.1 Å². The fourth-order valence-electron chi connectivity index (χ4n) is 2.24. The molecule has 1 aromatic heterocycles. The summed E-state index contributed by atoms with van der Waals surface area (Å²) in [6.45, 7) is 13.0. The number of hydrogen-bond acceptors (Lipinski definition) is 4. The van der Waals surface area contributed by atoms with Crippen LogP contribution in [0.4, 0.5) is 0 Å². The first-order valence-electron chi connectivity index (χ1n) is 7.30. The number of rotatable bonds is 8. The van der Waals surface area contributed by atoms with Crippen LogP contribution in [0.3, 0.4) is 0 Å². The average molecular weight is 265 g/mol. The lowest BCUT2D eigenvalue weighted by molar-refractivity contribution is 0.0532. The Morgan fingerprint density at radius 1 is 1.11 bits per heavy atom. The third kappa shape index (κ3) is 4.55. The predicted octanol–water partition coefficient (Wildman–Crippen LogP) is 2.73. The summed E-state index contributed by atoms with van der Waals surface area (Å²) in [4.78, 5) is 9.28. The minimum atomic E-state index is 0.0187. The van der Waals surface area contributed by atoms with Crippen molar-refractivity contribution in [3.63, 3.8) is 0 Å². The smallest absolute Gasteiger partial charge is 0.157 e. The van der Waals surface area contributed by atoms with Gasteiger partial charge in [0.05, 0.1) is 0 Å². The minimum Gasteiger partial charge on any atom is -0.371 e. The van der Waals surface area contributed by atoms with Crippen molar-refractivity contribution in [3.05, 3.63) is 22.8 Å². The quantitative estimate of drug-likeness (QED) is 0.734. The Labute approximate surface area is 117 Å². The Morgan fingerprint density at radius 2 is 1.74 bits per heavy atom. The van der Waals surface area contributed by atoms with E-state index in [1.807, 2.05) is 6.92 Å². The van der Waals surface area contributed by atoms with E-state index in [2.05, 4.69) is 43.0 Å². The molecule has 0 fully saturated rings. The molecule has 1 rings (SSSR count). The Balaban J connectivity index is 2.88. The molecule has 1 N–H and O–H groups in total. The van der Waals surface area contributed by atoms with Crippen molar-refractivity contribution in [2.45, 2.75) is 53.6 Å². The third-order valence-corrected chi connectivity index (χ3v) is 3.27. The molecule has 19 heavy (non-hydrogen) atoms. The normalized spacial score (nSPS) is 12.7. The van der Waals surface area contributed by atoms with Gasteiger partial charge in [0.2, 0.25) is 0 Å². The fraction of sp³-hybridized carbons (Fsp3) is 0.733. The monoisotopic (exact) mass is 265 g/mol. The first kappa shape index (κ1) is 16.1. The molecule has 0 amide bonds. The molecule has 1 heterocycles. The van der Waals surface area contributed by atoms with E-state index in [9.17, 15) is 0 Å². The van der Waals surface area contributed by atoms with Gasteiger partial charge in [0.15, 0.2) is 5.82 Å². The van der Waals surface area contributed by atoms with Gasteiger partial charge in [-0.2, -0.15) is 0 Å². The number of aromatic nitrogens is 2. The largest absolute Gasteiger partial charge is 0.371 e. The van der Waals surface area contributed by atoms with Crippen molar-refractivity contribution >= 4 is 0 Å². The first-order valence-corrected chi connectivity index (χ1v) is 7.30. The third-order valence-electron chi connectivity index (χ3n) is 3.27. The molecule has 0 aromatic carbocycles. The van der Waals surface area contributed by atoms with E-state index < -0.39 is 0 Å². The minimum absolute atomic E-state index is 0.0187. The average Bonchev–Trinajstić information content (AvgIpc) is 2.39. The van der Waals surface area contributed by atoms with E-state index in [0.29, 0.717) is 6.61 Å². The zero-order valence-electron chi connectivity index (χ0n) is 12.9. The van der Waals surface area contributed by atoms with E-state index in [4.69, 9.17) is 4.74 Å². The van der Waals surface area contributed by atoms with Crippen LogP contribution in [0.1, 0.15) is 56.1 Å². The molecule has 108 valence electrons. The molecule has 1 unspecified atom stereocenters. The zero-order valence-corrected chi connectivity index (χ0v) is 12.9. The van der Waals surface area contributed by atoms with Crippen molar-refractivity contribution in [1.29, 1.82) is 0 Å². The Morgan fingerprint density at radius 3 is 2.21 bits per heavy atom. The summed E-state index contributed by atoms with van der Waals surface area (Å²) in [5.74, 6) is 0.826. The summed E-state index contributed by atoms with van der Waals surface area (Å²) < 4.78 is 5.69. The van der Waals surface area contributed by atoms with Crippen LogP contribution in [0, 0.1) is 13.8 Å². The van der Waals surface area contributed by atoms with Gasteiger partial charge < -0.3 is 10.1 Å². The van der Waals surface area contributed by atoms with Crippen LogP contribution < -0.4 is 5.32 Å². The van der Waals surface area contributed by atoms with E-state index >= 15 is 0 Å². The molecule has 0 aliphatic carbocycles. The summed E-state index contributed by atoms with van der Waals surface area (Å²) in [5.41, 5.74) is 3.42. The summed E-state index contributed by atoms with van der Waals surface area (Å²) in [6.07, 6.45) is 1.91. The number of hydrogen-bond donors (Lipinski definition) is 1. The second-order valence-electron chi connectivity index (χ2n) is 4.69. The van der Waals surface area contributed by atoms with Crippen molar-refractivity contribution in [2.75, 3.05) is 19.7 Å². The SMILES string of the molecule is CCNCCc1c(C)nc(C(CC)OCC)nc1C. The number of likely N-dealkylation sites (N-methyl/N-ethyl adjacent to an activating group) is 1. The van der Waals surface area contributed by atoms with Gasteiger partial charge >= 0.3 is 0 Å². The fourth-order valence-corrected chi connectivity index (χ4v) is 2.24. The lowest BCUT2D eigenvalue weighted by Gasteiger charge is -2.17. The van der Waals surface area contributed by atoms with E-state index in [1.54, 1.807) is 0 Å². The molecule has 4 nitrogen and oxygen atoms in total. The molecule has 1 atom stereocenters. The van der Waals surface area contributed by atoms with Gasteiger partial charge in [-0.1, -0.05) is 13.8 Å². The number of ether oxygens (including phenoxy) is 1. The summed E-state index contributed by atoms with van der Waals surface area (Å²) >= 11 is 0. The molecule has 0 spiro atoms. The number of nitrogens with one attached hydrogen (secondary N) is 1. The Kier molecular flexibility index (Phi) is 6.95. The highest BCUT2D eigenvalue weighted by molar-refractivity contribution is 5.25. The highest BCUT2D eigenvalue weighted by Gasteiger charge is 2.15. The van der Waals surface area contributed by atoms with E-state index in [1.165, 1.54) is 5.56 Å². The van der Waals surface area contributed by atoms with Crippen molar-refractivity contribution in [1.82, 2.24) is 15.3 Å². The van der Waals surface area contributed by atoms with Gasteiger partial charge in [-0.25, -0.2) is 9.97 Å². The molecular formula is C15H27N3O. The van der Waals surface area contributed by atoms with Crippen LogP contribution in [0.5, 0.6) is 0 Å². The molecule has 0 bridgehead atoms. The number of nitrogens with zero attached hydrogens (tertiary/aromatic N) is 2. The second-order valence-corrected chi connectivity index (χ2v) is 4.69. The lowest BCUT2D eigenvalue weighted by atomic mass is 10.1. The van der Waals surface area contributed by atoms with Gasteiger partial charge in [0.1, 0.15) is 6.10 Å². The highest BCUT2D eigenvalue weighted by atomic mass is 16.5. The summed E-state index contributed by atoms with van der Waals surface area (Å²) in [7, 11) is 0. The molecule has 0 saturated heterocycles. The first-order chi connectivity index (χ1) is 9.13. The van der Waals surface area contributed by atoms with Gasteiger partial charge in [-0.05, 0) is 52.3 Å². The molecule has 0 saturated carbocycles. The van der Waals surface area contributed by atoms with Gasteiger partial charge in [-0.3, -0.25) is 0 Å². The van der Waals surface area contributed by atoms with Crippen LogP contribution in [0.2, 0.25) is 0 Å². The van der Waals surface area contributed by atoms with Crippen molar-refractivity contribution < 1.29 is 4.74 Å². The molecular weight excluding hydrogens is 238 g/mol. The zero-order chi connectivity index (χ0) is 14.3. The topological polar surface area (TPSA) is 47.0 Å². The Hall–Kier alpha value is -1.00. The van der Waals surface area contributed by atoms with E-state index in [-0.39, 0.29) is 6.10 Å². The van der Waals surface area contributed by atoms with Gasteiger partial charge in [-0.15, -0.1) is 0 Å². The van der Waals surface area contributed by atoms with Crippen molar-refractivity contribution in [2.24, 2.45) is 0 Å². The maximum Gasteiger partial charge on any atom is 0.157 e. The second kappa shape index (κ2) is 8.23. The van der Waals surface area contributed by atoms with Gasteiger partial charge in [0.25, 0.3) is 0 Å². The standard InChI is InChI=1S/C15H27N3O/c1-6-14(19-8-3)15-17-11(4)13(12(5)18-15)9-10-16-7-2/h14,16H,6-10H2,1-5H3. The van der Waals surface area contributed by atoms with Crippen LogP contribution in [-0.4, -0.2) is 29.7 Å². The summed E-state index contributed by atoms with van der Waals surface area (Å²) in [5, 5.41) is 3.34. The van der Waals surface area contributed by atoms with Gasteiger partial charge in [0, 0.05) is 18.0 Å². The molecule has 4 heteroatoms. The molecule has 0 aliphatic heterocycles. The lowest BCUT2D eigenvalue weighted by Crippen LogP contribution is -2.19. The van der Waals surface area contributed by atoms with Crippen LogP contribution in [0.25, 0.3) is 0 Å². The van der Waals surface area contributed by atoms with Crippen molar-refractivity contribution in [3.8, 4) is 0 Å². The van der Waals surface area contributed by atoms with Crippen LogP contribution >= 0.6 is 0 Å². The summed E-state index contributed by atoms with van der Waals surface area (Å²) in [6, 6.07) is 0. The highest BCUT2D eigenvalue weighted by Crippen LogP contribution is 2.20.